The van der Waals surface area contributed by atoms with Gasteiger partial charge in [-0.15, -0.1) is 0 Å². The maximum Gasteiger partial charge on any atom is 0.298 e. The van der Waals surface area contributed by atoms with Crippen LogP contribution in [0.25, 0.3) is 0 Å². The Hall–Kier alpha value is -0.940. The maximum absolute atomic E-state index is 6.04. The fourth-order valence-corrected chi connectivity index (χ4v) is 1.70. The molecule has 0 fully saturated rings. The molecule has 90 valence electrons. The quantitative estimate of drug-likeness (QED) is 0.738. The molecule has 0 radical (unpaired) electrons. The van der Waals surface area contributed by atoms with E-state index in [-0.39, 0.29) is 0 Å². The zero-order valence-corrected chi connectivity index (χ0v) is 9.97. The molecule has 4 heteroatoms. The number of benzene rings is 1. The van der Waals surface area contributed by atoms with Gasteiger partial charge in [0.05, 0.1) is 6.04 Å². The summed E-state index contributed by atoms with van der Waals surface area (Å²) in [5.74, 6) is -1.18. The molecule has 0 aliphatic heterocycles. The van der Waals surface area contributed by atoms with Gasteiger partial charge >= 0.3 is 0 Å². The van der Waals surface area contributed by atoms with Gasteiger partial charge < -0.3 is 19.9 Å². The number of hydrogen-bond acceptors (Lipinski definition) is 4. The summed E-state index contributed by atoms with van der Waals surface area (Å²) in [6.07, 6.45) is 0.621. The van der Waals surface area contributed by atoms with Gasteiger partial charge in [0.15, 0.2) is 0 Å². The van der Waals surface area contributed by atoms with E-state index < -0.39 is 12.0 Å². The first-order valence-corrected chi connectivity index (χ1v) is 5.13. The minimum Gasteiger partial charge on any atom is -0.330 e. The van der Waals surface area contributed by atoms with E-state index in [1.165, 1.54) is 21.3 Å². The molecule has 1 aromatic rings. The molecule has 0 aliphatic carbocycles. The molecule has 1 aromatic carbocycles. The molecule has 2 N–H and O–H groups in total. The summed E-state index contributed by atoms with van der Waals surface area (Å²) in [4.78, 5) is 0. The predicted octanol–water partition coefficient (Wildman–Crippen LogP) is 1.15. The number of nitrogens with two attached hydrogens (primary N) is 1. The van der Waals surface area contributed by atoms with Crippen LogP contribution in [0.1, 0.15) is 5.56 Å². The highest BCUT2D eigenvalue weighted by Crippen LogP contribution is 2.19. The normalized spacial score (nSPS) is 13.8. The molecule has 1 atom stereocenters. The Morgan fingerprint density at radius 1 is 1.06 bits per heavy atom. The van der Waals surface area contributed by atoms with Crippen LogP contribution in [0, 0.1) is 0 Å². The van der Waals surface area contributed by atoms with Crippen LogP contribution >= 0.6 is 0 Å². The van der Waals surface area contributed by atoms with E-state index in [1.807, 2.05) is 30.3 Å². The van der Waals surface area contributed by atoms with Crippen molar-refractivity contribution in [1.29, 1.82) is 0 Å². The van der Waals surface area contributed by atoms with Crippen LogP contribution in [0.5, 0.6) is 0 Å². The van der Waals surface area contributed by atoms with E-state index >= 15 is 0 Å². The summed E-state index contributed by atoms with van der Waals surface area (Å²) in [7, 11) is 4.54. The average Bonchev–Trinajstić information content (AvgIpc) is 2.33. The molecule has 0 heterocycles. The van der Waals surface area contributed by atoms with Crippen LogP contribution in [0.15, 0.2) is 30.3 Å². The molecule has 0 saturated carbocycles. The smallest absolute Gasteiger partial charge is 0.298 e. The third-order valence-corrected chi connectivity index (χ3v) is 2.61. The maximum atomic E-state index is 6.04. The largest absolute Gasteiger partial charge is 0.330 e. The van der Waals surface area contributed by atoms with E-state index in [2.05, 4.69) is 0 Å². The highest BCUT2D eigenvalue weighted by atomic mass is 16.9. The minimum atomic E-state index is -1.18. The van der Waals surface area contributed by atoms with E-state index in [4.69, 9.17) is 19.9 Å². The SMILES string of the molecule is COC(OC)(OC)C(N)Cc1ccccc1. The second-order valence-electron chi connectivity index (χ2n) is 3.51. The fraction of sp³-hybridized carbons (Fsp3) is 0.500. The Morgan fingerprint density at radius 2 is 1.56 bits per heavy atom. The topological polar surface area (TPSA) is 53.7 Å². The zero-order chi connectivity index (χ0) is 12.0. The van der Waals surface area contributed by atoms with Crippen molar-refractivity contribution < 1.29 is 14.2 Å². The van der Waals surface area contributed by atoms with Gasteiger partial charge in [0, 0.05) is 21.3 Å². The monoisotopic (exact) mass is 225 g/mol. The molecular weight excluding hydrogens is 206 g/mol. The summed E-state index contributed by atoms with van der Waals surface area (Å²) >= 11 is 0. The van der Waals surface area contributed by atoms with E-state index in [0.717, 1.165) is 5.56 Å². The fourth-order valence-electron chi connectivity index (χ4n) is 1.70. The van der Waals surface area contributed by atoms with Crippen molar-refractivity contribution in [2.75, 3.05) is 21.3 Å². The summed E-state index contributed by atoms with van der Waals surface area (Å²) in [6, 6.07) is 9.52. The van der Waals surface area contributed by atoms with Crippen LogP contribution in [-0.2, 0) is 20.6 Å². The summed E-state index contributed by atoms with van der Waals surface area (Å²) in [6.45, 7) is 0. The van der Waals surface area contributed by atoms with Gasteiger partial charge in [0.1, 0.15) is 0 Å². The Labute approximate surface area is 96.3 Å². The van der Waals surface area contributed by atoms with Crippen LogP contribution in [0.3, 0.4) is 0 Å². The highest BCUT2D eigenvalue weighted by molar-refractivity contribution is 5.16. The van der Waals surface area contributed by atoms with E-state index in [0.29, 0.717) is 6.42 Å². The molecule has 16 heavy (non-hydrogen) atoms. The first-order chi connectivity index (χ1) is 7.68. The lowest BCUT2D eigenvalue weighted by molar-refractivity contribution is -0.361. The Balaban J connectivity index is 2.73. The predicted molar refractivity (Wildman–Crippen MR) is 61.9 cm³/mol. The van der Waals surface area contributed by atoms with Gasteiger partial charge in [-0.25, -0.2) is 0 Å². The Morgan fingerprint density at radius 3 is 2.00 bits per heavy atom. The summed E-state index contributed by atoms with van der Waals surface area (Å²) in [5, 5.41) is 0. The average molecular weight is 225 g/mol. The van der Waals surface area contributed by atoms with E-state index in [9.17, 15) is 0 Å². The molecule has 1 rings (SSSR count). The van der Waals surface area contributed by atoms with Gasteiger partial charge in [-0.1, -0.05) is 30.3 Å². The third kappa shape index (κ3) is 2.80. The van der Waals surface area contributed by atoms with Crippen molar-refractivity contribution in [2.24, 2.45) is 5.73 Å². The first kappa shape index (κ1) is 13.1. The first-order valence-electron chi connectivity index (χ1n) is 5.13. The van der Waals surface area contributed by atoms with Crippen molar-refractivity contribution in [3.8, 4) is 0 Å². The van der Waals surface area contributed by atoms with Crippen LogP contribution < -0.4 is 5.73 Å². The van der Waals surface area contributed by atoms with Crippen molar-refractivity contribution in [3.05, 3.63) is 35.9 Å². The second-order valence-corrected chi connectivity index (χ2v) is 3.51. The van der Waals surface area contributed by atoms with Crippen molar-refractivity contribution >= 4 is 0 Å². The number of rotatable bonds is 6. The molecule has 0 aliphatic rings. The molecule has 0 spiro atoms. The minimum absolute atomic E-state index is 0.394. The number of methoxy groups -OCH3 is 3. The lowest BCUT2D eigenvalue weighted by Gasteiger charge is -2.34. The van der Waals surface area contributed by atoms with Crippen molar-refractivity contribution in [2.45, 2.75) is 18.4 Å². The molecular formula is C12H19NO3. The Kier molecular flexibility index (Phi) is 4.89. The van der Waals surface area contributed by atoms with Crippen molar-refractivity contribution in [3.63, 3.8) is 0 Å². The zero-order valence-electron chi connectivity index (χ0n) is 9.97. The Bertz CT molecular complexity index is 290. The highest BCUT2D eigenvalue weighted by Gasteiger charge is 2.37. The number of ether oxygens (including phenoxy) is 3. The molecule has 0 aromatic heterocycles. The summed E-state index contributed by atoms with van der Waals surface area (Å²) < 4.78 is 15.6. The van der Waals surface area contributed by atoms with E-state index in [1.54, 1.807) is 0 Å². The van der Waals surface area contributed by atoms with Crippen LogP contribution in [0.4, 0.5) is 0 Å². The van der Waals surface area contributed by atoms with Gasteiger partial charge in [-0.2, -0.15) is 0 Å². The second kappa shape index (κ2) is 5.96. The standard InChI is InChI=1S/C12H19NO3/c1-14-12(15-2,16-3)11(13)9-10-7-5-4-6-8-10/h4-8,11H,9,13H2,1-3H3. The van der Waals surface area contributed by atoms with Crippen LogP contribution in [-0.4, -0.2) is 33.3 Å². The lowest BCUT2D eigenvalue weighted by Crippen LogP contribution is -2.53. The van der Waals surface area contributed by atoms with Gasteiger partial charge in [-0.3, -0.25) is 0 Å². The third-order valence-electron chi connectivity index (χ3n) is 2.61. The molecule has 0 saturated heterocycles. The number of hydrogen-bond donors (Lipinski definition) is 1. The molecule has 1 unspecified atom stereocenters. The summed E-state index contributed by atoms with van der Waals surface area (Å²) in [5.41, 5.74) is 7.16. The van der Waals surface area contributed by atoms with Crippen molar-refractivity contribution in [1.82, 2.24) is 0 Å². The van der Waals surface area contributed by atoms with Gasteiger partial charge in [0.2, 0.25) is 0 Å². The van der Waals surface area contributed by atoms with Crippen LogP contribution in [0.2, 0.25) is 0 Å². The van der Waals surface area contributed by atoms with Gasteiger partial charge in [0.25, 0.3) is 5.97 Å². The molecule has 0 amide bonds. The molecule has 0 bridgehead atoms. The van der Waals surface area contributed by atoms with Gasteiger partial charge in [-0.05, 0) is 12.0 Å². The molecule has 4 nitrogen and oxygen atoms in total. The lowest BCUT2D eigenvalue weighted by atomic mass is 10.0.